The van der Waals surface area contributed by atoms with E-state index in [4.69, 9.17) is 9.15 Å². The number of carbonyl (C=O) groups excluding carboxylic acids is 1. The number of hydrogen-bond acceptors (Lipinski definition) is 4. The van der Waals surface area contributed by atoms with Crippen LogP contribution in [0.1, 0.15) is 29.4 Å². The molecule has 0 saturated heterocycles. The quantitative estimate of drug-likeness (QED) is 0.743. The highest BCUT2D eigenvalue weighted by atomic mass is 16.5. The number of aromatic nitrogens is 2. The fourth-order valence-corrected chi connectivity index (χ4v) is 1.66. The summed E-state index contributed by atoms with van der Waals surface area (Å²) >= 11 is 0. The summed E-state index contributed by atoms with van der Waals surface area (Å²) in [5.74, 6) is 0.353. The molecule has 0 spiro atoms. The Balaban J connectivity index is 2.42. The van der Waals surface area contributed by atoms with Crippen LogP contribution >= 0.6 is 0 Å². The molecule has 2 rings (SSSR count). The monoisotopic (exact) mass is 234 g/mol. The van der Waals surface area contributed by atoms with Gasteiger partial charge in [0.05, 0.1) is 25.1 Å². The summed E-state index contributed by atoms with van der Waals surface area (Å²) in [5, 5.41) is 4.15. The first kappa shape index (κ1) is 11.4. The van der Waals surface area contributed by atoms with Gasteiger partial charge in [0, 0.05) is 6.54 Å². The van der Waals surface area contributed by atoms with Crippen LogP contribution in [0.2, 0.25) is 0 Å². The van der Waals surface area contributed by atoms with Crippen molar-refractivity contribution in [2.24, 2.45) is 0 Å². The highest BCUT2D eigenvalue weighted by Crippen LogP contribution is 2.21. The SMILES string of the molecule is CCCn1ncc(OC)c1C(=O)c1ccoc1. The van der Waals surface area contributed by atoms with E-state index in [0.29, 0.717) is 23.6 Å². The number of carbonyl (C=O) groups is 1. The van der Waals surface area contributed by atoms with E-state index < -0.39 is 0 Å². The van der Waals surface area contributed by atoms with Gasteiger partial charge in [-0.25, -0.2) is 0 Å². The molecule has 0 N–H and O–H groups in total. The first-order valence-corrected chi connectivity index (χ1v) is 5.44. The molecule has 0 bridgehead atoms. The topological polar surface area (TPSA) is 57.3 Å². The van der Waals surface area contributed by atoms with E-state index in [9.17, 15) is 4.79 Å². The van der Waals surface area contributed by atoms with E-state index in [1.165, 1.54) is 19.6 Å². The van der Waals surface area contributed by atoms with Crippen molar-refractivity contribution in [2.75, 3.05) is 7.11 Å². The van der Waals surface area contributed by atoms with E-state index in [2.05, 4.69) is 5.10 Å². The average molecular weight is 234 g/mol. The second-order valence-electron chi connectivity index (χ2n) is 3.63. The molecule has 0 aliphatic heterocycles. The van der Waals surface area contributed by atoms with Gasteiger partial charge in [-0.3, -0.25) is 9.48 Å². The minimum atomic E-state index is -0.137. The van der Waals surface area contributed by atoms with Crippen LogP contribution in [0.15, 0.2) is 29.2 Å². The van der Waals surface area contributed by atoms with Crippen LogP contribution in [0, 0.1) is 0 Å². The van der Waals surface area contributed by atoms with Gasteiger partial charge in [-0.05, 0) is 12.5 Å². The molecule has 0 radical (unpaired) electrons. The largest absolute Gasteiger partial charge is 0.493 e. The fourth-order valence-electron chi connectivity index (χ4n) is 1.66. The zero-order chi connectivity index (χ0) is 12.3. The Morgan fingerprint density at radius 2 is 2.41 bits per heavy atom. The van der Waals surface area contributed by atoms with Gasteiger partial charge < -0.3 is 9.15 Å². The van der Waals surface area contributed by atoms with Crippen LogP contribution in [-0.4, -0.2) is 22.7 Å². The minimum absolute atomic E-state index is 0.137. The zero-order valence-corrected chi connectivity index (χ0v) is 9.84. The summed E-state index contributed by atoms with van der Waals surface area (Å²) in [6, 6.07) is 1.63. The molecule has 0 aliphatic rings. The van der Waals surface area contributed by atoms with Gasteiger partial charge in [0.25, 0.3) is 0 Å². The van der Waals surface area contributed by atoms with Crippen molar-refractivity contribution in [3.8, 4) is 5.75 Å². The average Bonchev–Trinajstić information content (AvgIpc) is 2.97. The first-order chi connectivity index (χ1) is 8.27. The highest BCUT2D eigenvalue weighted by Gasteiger charge is 2.21. The standard InChI is InChI=1S/C12H14N2O3/c1-3-5-14-11(10(16-2)7-13-14)12(15)9-4-6-17-8-9/h4,6-8H,3,5H2,1-2H3. The Hall–Kier alpha value is -2.04. The van der Waals surface area contributed by atoms with Gasteiger partial charge in [-0.2, -0.15) is 5.10 Å². The van der Waals surface area contributed by atoms with Crippen LogP contribution in [-0.2, 0) is 6.54 Å². The Labute approximate surface area is 99.0 Å². The lowest BCUT2D eigenvalue weighted by atomic mass is 10.1. The number of hydrogen-bond donors (Lipinski definition) is 0. The van der Waals surface area contributed by atoms with Crippen molar-refractivity contribution >= 4 is 5.78 Å². The number of aryl methyl sites for hydroxylation is 1. The number of methoxy groups -OCH3 is 1. The Kier molecular flexibility index (Phi) is 3.27. The normalized spacial score (nSPS) is 10.5. The molecule has 5 nitrogen and oxygen atoms in total. The van der Waals surface area contributed by atoms with Crippen LogP contribution in [0.5, 0.6) is 5.75 Å². The summed E-state index contributed by atoms with van der Waals surface area (Å²) in [4.78, 5) is 12.2. The highest BCUT2D eigenvalue weighted by molar-refractivity contribution is 6.09. The molecule has 0 amide bonds. The molecule has 0 aromatic carbocycles. The van der Waals surface area contributed by atoms with E-state index in [1.807, 2.05) is 6.92 Å². The number of furan rings is 1. The molecule has 0 fully saturated rings. The second-order valence-corrected chi connectivity index (χ2v) is 3.63. The lowest BCUT2D eigenvalue weighted by Gasteiger charge is -2.05. The Morgan fingerprint density at radius 3 is 3.00 bits per heavy atom. The molecular weight excluding hydrogens is 220 g/mol. The van der Waals surface area contributed by atoms with Crippen LogP contribution in [0.3, 0.4) is 0 Å². The van der Waals surface area contributed by atoms with Crippen molar-refractivity contribution in [1.82, 2.24) is 9.78 Å². The molecule has 2 heterocycles. The Morgan fingerprint density at radius 1 is 1.59 bits per heavy atom. The van der Waals surface area contributed by atoms with Gasteiger partial charge >= 0.3 is 0 Å². The summed E-state index contributed by atoms with van der Waals surface area (Å²) in [7, 11) is 1.53. The Bertz CT molecular complexity index is 500. The van der Waals surface area contributed by atoms with E-state index in [1.54, 1.807) is 16.9 Å². The number of ether oxygens (including phenoxy) is 1. The van der Waals surface area contributed by atoms with Crippen molar-refractivity contribution < 1.29 is 13.9 Å². The smallest absolute Gasteiger partial charge is 0.218 e. The maximum absolute atomic E-state index is 12.2. The van der Waals surface area contributed by atoms with Crippen molar-refractivity contribution in [3.05, 3.63) is 36.0 Å². The van der Waals surface area contributed by atoms with Crippen molar-refractivity contribution in [3.63, 3.8) is 0 Å². The van der Waals surface area contributed by atoms with Crippen LogP contribution in [0.4, 0.5) is 0 Å². The van der Waals surface area contributed by atoms with Crippen molar-refractivity contribution in [1.29, 1.82) is 0 Å². The molecule has 90 valence electrons. The van der Waals surface area contributed by atoms with E-state index >= 15 is 0 Å². The molecule has 0 saturated carbocycles. The van der Waals surface area contributed by atoms with E-state index in [0.717, 1.165) is 6.42 Å². The predicted octanol–water partition coefficient (Wildman–Crippen LogP) is 2.13. The van der Waals surface area contributed by atoms with Gasteiger partial charge in [0.1, 0.15) is 6.26 Å². The third-order valence-electron chi connectivity index (χ3n) is 2.46. The van der Waals surface area contributed by atoms with Crippen molar-refractivity contribution in [2.45, 2.75) is 19.9 Å². The van der Waals surface area contributed by atoms with Gasteiger partial charge in [0.2, 0.25) is 5.78 Å². The fraction of sp³-hybridized carbons (Fsp3) is 0.333. The third-order valence-corrected chi connectivity index (χ3v) is 2.46. The first-order valence-electron chi connectivity index (χ1n) is 5.44. The molecule has 0 atom stereocenters. The second kappa shape index (κ2) is 4.86. The molecule has 5 heteroatoms. The molecular formula is C12H14N2O3. The van der Waals surface area contributed by atoms with Gasteiger partial charge in [-0.1, -0.05) is 6.92 Å². The van der Waals surface area contributed by atoms with Gasteiger partial charge in [-0.15, -0.1) is 0 Å². The number of rotatable bonds is 5. The summed E-state index contributed by atoms with van der Waals surface area (Å²) in [6.07, 6.45) is 5.35. The molecule has 17 heavy (non-hydrogen) atoms. The summed E-state index contributed by atoms with van der Waals surface area (Å²) in [6.45, 7) is 2.71. The van der Waals surface area contributed by atoms with E-state index in [-0.39, 0.29) is 5.78 Å². The zero-order valence-electron chi connectivity index (χ0n) is 9.84. The lowest BCUT2D eigenvalue weighted by Crippen LogP contribution is -2.12. The molecule has 0 unspecified atom stereocenters. The summed E-state index contributed by atoms with van der Waals surface area (Å²) < 4.78 is 11.7. The van der Waals surface area contributed by atoms with Gasteiger partial charge in [0.15, 0.2) is 11.4 Å². The van der Waals surface area contributed by atoms with Crippen LogP contribution in [0.25, 0.3) is 0 Å². The third kappa shape index (κ3) is 2.08. The van der Waals surface area contributed by atoms with Crippen LogP contribution < -0.4 is 4.74 Å². The maximum Gasteiger partial charge on any atom is 0.218 e. The maximum atomic E-state index is 12.2. The number of ketones is 1. The number of nitrogens with zero attached hydrogens (tertiary/aromatic N) is 2. The predicted molar refractivity (Wildman–Crippen MR) is 61.2 cm³/mol. The lowest BCUT2D eigenvalue weighted by molar-refractivity contribution is 0.102. The molecule has 2 aromatic rings. The minimum Gasteiger partial charge on any atom is -0.493 e. The summed E-state index contributed by atoms with van der Waals surface area (Å²) in [5.41, 5.74) is 0.969. The molecule has 2 aromatic heterocycles. The molecule has 0 aliphatic carbocycles.